The van der Waals surface area contributed by atoms with Gasteiger partial charge in [-0.2, -0.15) is 0 Å². The molecule has 0 aliphatic rings. The molecule has 3 rings (SSSR count). The third-order valence-electron chi connectivity index (χ3n) is 6.09. The van der Waals surface area contributed by atoms with Gasteiger partial charge in [0, 0.05) is 5.56 Å². The smallest absolute Gasteiger partial charge is 0.185 e. The van der Waals surface area contributed by atoms with Crippen LogP contribution in [0.3, 0.4) is 0 Å². The van der Waals surface area contributed by atoms with Crippen LogP contribution in [0.25, 0.3) is 11.6 Å². The molecule has 0 bridgehead atoms. The molecule has 0 spiro atoms. The van der Waals surface area contributed by atoms with E-state index in [0.717, 1.165) is 23.1 Å². The van der Waals surface area contributed by atoms with Crippen molar-refractivity contribution < 1.29 is 4.79 Å². The van der Waals surface area contributed by atoms with Crippen molar-refractivity contribution in [1.82, 2.24) is 0 Å². The first kappa shape index (κ1) is 24.5. The molecule has 3 aromatic rings. The van der Waals surface area contributed by atoms with Crippen molar-refractivity contribution in [2.24, 2.45) is 0 Å². The van der Waals surface area contributed by atoms with Gasteiger partial charge in [-0.3, -0.25) is 4.79 Å². The van der Waals surface area contributed by atoms with Crippen LogP contribution < -0.4 is 0 Å². The van der Waals surface area contributed by atoms with Crippen LogP contribution in [0.15, 0.2) is 91.5 Å². The zero-order valence-corrected chi connectivity index (χ0v) is 19.9. The molecule has 0 radical (unpaired) electrons. The topological polar surface area (TPSA) is 17.1 Å². The van der Waals surface area contributed by atoms with Crippen molar-refractivity contribution in [3.63, 3.8) is 0 Å². The van der Waals surface area contributed by atoms with E-state index in [9.17, 15) is 4.79 Å². The van der Waals surface area contributed by atoms with E-state index in [1.807, 2.05) is 36.4 Å². The summed E-state index contributed by atoms with van der Waals surface area (Å²) < 4.78 is 0. The lowest BCUT2D eigenvalue weighted by Gasteiger charge is -2.05. The van der Waals surface area contributed by atoms with Crippen molar-refractivity contribution in [2.45, 2.75) is 58.3 Å². The van der Waals surface area contributed by atoms with E-state index in [4.69, 9.17) is 0 Å². The summed E-state index contributed by atoms with van der Waals surface area (Å²) in [6.45, 7) is 6.05. The summed E-state index contributed by atoms with van der Waals surface area (Å²) in [4.78, 5) is 12.2. The number of benzene rings is 3. The average Bonchev–Trinajstić information content (AvgIpc) is 2.85. The van der Waals surface area contributed by atoms with E-state index in [2.05, 4.69) is 62.0 Å². The van der Waals surface area contributed by atoms with Crippen LogP contribution in [0.1, 0.15) is 78.1 Å². The lowest BCUT2D eigenvalue weighted by molar-refractivity contribution is 0.104. The maximum atomic E-state index is 12.2. The molecule has 0 unspecified atom stereocenters. The molecule has 1 heteroatoms. The van der Waals surface area contributed by atoms with Crippen molar-refractivity contribution in [2.75, 3.05) is 0 Å². The predicted molar refractivity (Wildman–Crippen MR) is 143 cm³/mol. The van der Waals surface area contributed by atoms with Crippen molar-refractivity contribution in [3.8, 4) is 0 Å². The average molecular weight is 437 g/mol. The van der Waals surface area contributed by atoms with Gasteiger partial charge in [0.25, 0.3) is 0 Å². The molecule has 170 valence electrons. The molecule has 0 aliphatic carbocycles. The lowest BCUT2D eigenvalue weighted by Crippen LogP contribution is -1.92. The molecule has 0 aliphatic heterocycles. The zero-order valence-electron chi connectivity index (χ0n) is 19.9. The summed E-state index contributed by atoms with van der Waals surface area (Å²) >= 11 is 0. The van der Waals surface area contributed by atoms with Gasteiger partial charge < -0.3 is 0 Å². The Labute approximate surface area is 199 Å². The summed E-state index contributed by atoms with van der Waals surface area (Å²) in [5, 5.41) is 0. The lowest BCUT2D eigenvalue weighted by atomic mass is 10.0. The Morgan fingerprint density at radius 1 is 0.667 bits per heavy atom. The number of rotatable bonds is 13. The predicted octanol–water partition coefficient (Wildman–Crippen LogP) is 8.74. The number of aryl methyl sites for hydroxylation is 2. The molecule has 0 saturated carbocycles. The summed E-state index contributed by atoms with van der Waals surface area (Å²) in [7, 11) is 0. The highest BCUT2D eigenvalue weighted by Gasteiger charge is 2.00. The van der Waals surface area contributed by atoms with Gasteiger partial charge in [0.05, 0.1) is 0 Å². The quantitative estimate of drug-likeness (QED) is 0.149. The number of unbranched alkanes of at least 4 members (excludes halogenated alkanes) is 5. The summed E-state index contributed by atoms with van der Waals surface area (Å²) in [6.07, 6.45) is 13.6. The molecule has 0 atom stereocenters. The number of ketones is 1. The highest BCUT2D eigenvalue weighted by molar-refractivity contribution is 6.06. The standard InChI is InChI=1S/C32H36O/c1-26(2)30-23-20-28(21-24-30)13-9-6-4-3-5-8-12-27-16-18-29(19-17-27)22-25-32(33)31-14-10-7-11-15-31/h7,10-11,14-25H,1,3-6,8-9,12-13H2,2H3/b25-22+. The van der Waals surface area contributed by atoms with Crippen LogP contribution in [-0.2, 0) is 12.8 Å². The van der Waals surface area contributed by atoms with Gasteiger partial charge in [-0.15, -0.1) is 0 Å². The van der Waals surface area contributed by atoms with E-state index in [-0.39, 0.29) is 5.78 Å². The zero-order chi connectivity index (χ0) is 23.3. The van der Waals surface area contributed by atoms with Gasteiger partial charge in [-0.05, 0) is 60.9 Å². The molecule has 0 heterocycles. The van der Waals surface area contributed by atoms with Gasteiger partial charge in [0.2, 0.25) is 0 Å². The highest BCUT2D eigenvalue weighted by atomic mass is 16.1. The van der Waals surface area contributed by atoms with Crippen LogP contribution >= 0.6 is 0 Å². The molecule has 0 amide bonds. The van der Waals surface area contributed by atoms with E-state index in [1.165, 1.54) is 61.6 Å². The Morgan fingerprint density at radius 3 is 1.73 bits per heavy atom. The van der Waals surface area contributed by atoms with Gasteiger partial charge in [0.15, 0.2) is 5.78 Å². The largest absolute Gasteiger partial charge is 0.289 e. The second-order valence-corrected chi connectivity index (χ2v) is 8.90. The van der Waals surface area contributed by atoms with E-state index in [0.29, 0.717) is 0 Å². The molecule has 1 nitrogen and oxygen atoms in total. The molecular weight excluding hydrogens is 400 g/mol. The highest BCUT2D eigenvalue weighted by Crippen LogP contribution is 2.16. The molecule has 33 heavy (non-hydrogen) atoms. The maximum Gasteiger partial charge on any atom is 0.185 e. The van der Waals surface area contributed by atoms with Crippen LogP contribution in [0.5, 0.6) is 0 Å². The minimum Gasteiger partial charge on any atom is -0.289 e. The molecule has 0 N–H and O–H groups in total. The first-order valence-electron chi connectivity index (χ1n) is 12.2. The monoisotopic (exact) mass is 436 g/mol. The molecule has 3 aromatic carbocycles. The molecule has 0 fully saturated rings. The minimum absolute atomic E-state index is 0.0420. The van der Waals surface area contributed by atoms with Crippen molar-refractivity contribution in [1.29, 1.82) is 0 Å². The van der Waals surface area contributed by atoms with Crippen molar-refractivity contribution >= 4 is 17.4 Å². The Hall–Kier alpha value is -3.19. The van der Waals surface area contributed by atoms with Crippen LogP contribution in [0.2, 0.25) is 0 Å². The number of hydrogen-bond acceptors (Lipinski definition) is 1. The number of carbonyl (C=O) groups excluding carboxylic acids is 1. The van der Waals surface area contributed by atoms with Gasteiger partial charge in [-0.1, -0.05) is 123 Å². The molecular formula is C32H36O. The number of carbonyl (C=O) groups is 1. The van der Waals surface area contributed by atoms with E-state index < -0.39 is 0 Å². The fraction of sp³-hybridized carbons (Fsp3) is 0.281. The Kier molecular flexibility index (Phi) is 9.91. The van der Waals surface area contributed by atoms with Gasteiger partial charge in [-0.25, -0.2) is 0 Å². The SMILES string of the molecule is C=C(C)c1ccc(CCCCCCCCc2ccc(/C=C/C(=O)c3ccccc3)cc2)cc1. The Bertz CT molecular complexity index is 1020. The fourth-order valence-corrected chi connectivity index (χ4v) is 3.99. The van der Waals surface area contributed by atoms with Crippen LogP contribution in [0, 0.1) is 0 Å². The maximum absolute atomic E-state index is 12.2. The Morgan fingerprint density at radius 2 is 1.18 bits per heavy atom. The second kappa shape index (κ2) is 13.4. The minimum atomic E-state index is 0.0420. The van der Waals surface area contributed by atoms with Crippen LogP contribution in [-0.4, -0.2) is 5.78 Å². The summed E-state index contributed by atoms with van der Waals surface area (Å²) in [5.74, 6) is 0.0420. The first-order valence-corrected chi connectivity index (χ1v) is 12.2. The van der Waals surface area contributed by atoms with E-state index >= 15 is 0 Å². The third-order valence-corrected chi connectivity index (χ3v) is 6.09. The van der Waals surface area contributed by atoms with Gasteiger partial charge in [0.1, 0.15) is 0 Å². The van der Waals surface area contributed by atoms with E-state index in [1.54, 1.807) is 6.08 Å². The normalized spacial score (nSPS) is 11.1. The number of allylic oxidation sites excluding steroid dienone is 2. The van der Waals surface area contributed by atoms with Gasteiger partial charge >= 0.3 is 0 Å². The fourth-order valence-electron chi connectivity index (χ4n) is 3.99. The molecule has 0 saturated heterocycles. The second-order valence-electron chi connectivity index (χ2n) is 8.90. The summed E-state index contributed by atoms with van der Waals surface area (Å²) in [5.41, 5.74) is 6.97. The Balaban J connectivity index is 1.27. The third kappa shape index (κ3) is 8.69. The first-order chi connectivity index (χ1) is 16.1. The number of hydrogen-bond donors (Lipinski definition) is 0. The summed E-state index contributed by atoms with van der Waals surface area (Å²) in [6, 6.07) is 26.8. The van der Waals surface area contributed by atoms with Crippen LogP contribution in [0.4, 0.5) is 0 Å². The van der Waals surface area contributed by atoms with Crippen molar-refractivity contribution in [3.05, 3.63) is 119 Å². The molecule has 0 aromatic heterocycles.